The van der Waals surface area contributed by atoms with Gasteiger partial charge < -0.3 is 24.4 Å². The number of ether oxygens (including phenoxy) is 3. The summed E-state index contributed by atoms with van der Waals surface area (Å²) in [5.41, 5.74) is 5.70. The van der Waals surface area contributed by atoms with E-state index in [9.17, 15) is 5.26 Å². The minimum atomic E-state index is -2.26. The smallest absolute Gasteiger partial charge is 0.319 e. The lowest BCUT2D eigenvalue weighted by molar-refractivity contribution is 0.0512. The molecule has 0 aliphatic carbocycles. The van der Waals surface area contributed by atoms with E-state index in [2.05, 4.69) is 74.2 Å². The van der Waals surface area contributed by atoms with E-state index in [1.54, 1.807) is 18.2 Å². The first-order valence-corrected chi connectivity index (χ1v) is 22.8. The summed E-state index contributed by atoms with van der Waals surface area (Å²) < 4.78 is 51.6. The fraction of sp³-hybridized carbons (Fsp3) is 0.533. The van der Waals surface area contributed by atoms with E-state index in [0.29, 0.717) is 82.6 Å². The zero-order valence-corrected chi connectivity index (χ0v) is 35.5. The molecule has 0 bridgehead atoms. The van der Waals surface area contributed by atoms with Gasteiger partial charge in [-0.15, -0.1) is 5.54 Å². The van der Waals surface area contributed by atoms with Gasteiger partial charge in [-0.2, -0.15) is 15.2 Å². The molecule has 3 aliphatic heterocycles. The molecule has 1 atom stereocenters. The van der Waals surface area contributed by atoms with Crippen LogP contribution in [0.2, 0.25) is 16.6 Å². The quantitative estimate of drug-likeness (QED) is 0.0857. The van der Waals surface area contributed by atoms with Crippen molar-refractivity contribution >= 4 is 35.6 Å². The number of fused-ring (bicyclic) bond motifs is 3. The van der Waals surface area contributed by atoms with Crippen molar-refractivity contribution in [3.8, 4) is 40.4 Å². The van der Waals surface area contributed by atoms with Crippen molar-refractivity contribution in [3.63, 3.8) is 0 Å². The van der Waals surface area contributed by atoms with Crippen LogP contribution >= 0.6 is 0 Å². The predicted octanol–water partition coefficient (Wildman–Crippen LogP) is 8.98. The second-order valence-corrected chi connectivity index (χ2v) is 22.6. The van der Waals surface area contributed by atoms with Crippen LogP contribution in [0.5, 0.6) is 11.8 Å². The highest BCUT2D eigenvalue weighted by Gasteiger charge is 2.45. The molecule has 3 aliphatic rings. The van der Waals surface area contributed by atoms with Gasteiger partial charge in [-0.05, 0) is 90.6 Å². The lowest BCUT2D eigenvalue weighted by Gasteiger charge is -2.38. The Kier molecular flexibility index (Phi) is 12.1. The maximum atomic E-state index is 17.7. The highest BCUT2D eigenvalue weighted by atomic mass is 28.3. The minimum Gasteiger partial charge on any atom is -0.468 e. The molecular formula is C45H56F2N6O3Si. The monoisotopic (exact) mass is 794 g/mol. The number of nitrogens with one attached hydrogen (secondary N) is 1. The fourth-order valence-corrected chi connectivity index (χ4v) is 15.3. The number of hydrogen-bond acceptors (Lipinski definition) is 9. The Morgan fingerprint density at radius 3 is 2.37 bits per heavy atom. The number of nitriles is 1. The van der Waals surface area contributed by atoms with E-state index in [1.165, 1.54) is 13.2 Å². The van der Waals surface area contributed by atoms with Gasteiger partial charge in [0.15, 0.2) is 12.6 Å². The first kappa shape index (κ1) is 40.8. The van der Waals surface area contributed by atoms with Gasteiger partial charge in [-0.1, -0.05) is 59.6 Å². The number of hydrogen-bond donors (Lipinski definition) is 1. The molecule has 302 valence electrons. The van der Waals surface area contributed by atoms with Gasteiger partial charge in [0.1, 0.15) is 37.6 Å². The first-order chi connectivity index (χ1) is 27.4. The Bertz CT molecular complexity index is 2200. The molecule has 3 aromatic carbocycles. The molecule has 1 aromatic heterocycles. The SMILES string of the molecule is COCOc1cc(-c2ccc3c(N4CCN[C@@H](CC#N)C4)nc(OCC45CCCN4CCC5)nc3c2F)c2c(C#C[Si](C(C)C)(C(C)C)C(C)C)c(F)ccc2c1. The molecule has 12 heteroatoms. The molecule has 7 rings (SSSR count). The lowest BCUT2D eigenvalue weighted by atomic mass is 9.93. The van der Waals surface area contributed by atoms with Crippen LogP contribution in [-0.4, -0.2) is 87.8 Å². The molecule has 0 radical (unpaired) electrons. The van der Waals surface area contributed by atoms with Crippen molar-refractivity contribution in [2.75, 3.05) is 58.1 Å². The van der Waals surface area contributed by atoms with Gasteiger partial charge in [-0.25, -0.2) is 8.78 Å². The van der Waals surface area contributed by atoms with Crippen LogP contribution in [0.25, 0.3) is 32.8 Å². The van der Waals surface area contributed by atoms with Crippen LogP contribution in [0.15, 0.2) is 36.4 Å². The maximum Gasteiger partial charge on any atom is 0.319 e. The summed E-state index contributed by atoms with van der Waals surface area (Å²) in [5.74, 6) is 3.35. The van der Waals surface area contributed by atoms with E-state index in [-0.39, 0.29) is 41.0 Å². The largest absolute Gasteiger partial charge is 0.468 e. The third-order valence-electron chi connectivity index (χ3n) is 12.9. The van der Waals surface area contributed by atoms with Crippen LogP contribution in [-0.2, 0) is 4.74 Å². The second kappa shape index (κ2) is 16.9. The Labute approximate surface area is 337 Å². The normalized spacial score (nSPS) is 18.4. The first-order valence-electron chi connectivity index (χ1n) is 20.6. The molecule has 4 heterocycles. The van der Waals surface area contributed by atoms with E-state index < -0.39 is 19.7 Å². The number of piperazine rings is 1. The highest BCUT2D eigenvalue weighted by molar-refractivity contribution is 6.90. The Balaban J connectivity index is 1.43. The Hall–Kier alpha value is -4.33. The van der Waals surface area contributed by atoms with Crippen LogP contribution in [0.3, 0.4) is 0 Å². The lowest BCUT2D eigenvalue weighted by Crippen LogP contribution is -2.51. The zero-order chi connectivity index (χ0) is 40.5. The molecule has 1 N–H and O–H groups in total. The summed E-state index contributed by atoms with van der Waals surface area (Å²) in [6, 6.07) is 12.6. The summed E-state index contributed by atoms with van der Waals surface area (Å²) in [7, 11) is -0.725. The molecule has 0 unspecified atom stereocenters. The van der Waals surface area contributed by atoms with Gasteiger partial charge in [0.25, 0.3) is 0 Å². The van der Waals surface area contributed by atoms with Gasteiger partial charge in [0.2, 0.25) is 0 Å². The average molecular weight is 795 g/mol. The van der Waals surface area contributed by atoms with Crippen molar-refractivity contribution in [1.29, 1.82) is 5.26 Å². The highest BCUT2D eigenvalue weighted by Crippen LogP contribution is 2.44. The number of anilines is 1. The second-order valence-electron chi connectivity index (χ2n) is 17.0. The van der Waals surface area contributed by atoms with Crippen LogP contribution in [0, 0.1) is 34.4 Å². The van der Waals surface area contributed by atoms with E-state index in [0.717, 1.165) is 38.8 Å². The third-order valence-corrected chi connectivity index (χ3v) is 19.2. The van der Waals surface area contributed by atoms with E-state index in [1.807, 2.05) is 12.1 Å². The maximum absolute atomic E-state index is 17.7. The summed E-state index contributed by atoms with van der Waals surface area (Å²) in [6.45, 7) is 17.7. The Morgan fingerprint density at radius 2 is 1.68 bits per heavy atom. The van der Waals surface area contributed by atoms with Gasteiger partial charge in [-0.3, -0.25) is 4.90 Å². The van der Waals surface area contributed by atoms with Crippen molar-refractivity contribution in [2.24, 2.45) is 0 Å². The van der Waals surface area contributed by atoms with Crippen LogP contribution in [0.1, 0.15) is 79.2 Å². The molecule has 3 fully saturated rings. The Morgan fingerprint density at radius 1 is 0.947 bits per heavy atom. The molecule has 0 amide bonds. The molecule has 0 saturated carbocycles. The average Bonchev–Trinajstić information content (AvgIpc) is 3.78. The number of benzene rings is 3. The molecule has 3 saturated heterocycles. The number of methoxy groups -OCH3 is 1. The predicted molar refractivity (Wildman–Crippen MR) is 225 cm³/mol. The molecule has 9 nitrogen and oxygen atoms in total. The zero-order valence-electron chi connectivity index (χ0n) is 34.5. The summed E-state index contributed by atoms with van der Waals surface area (Å²) in [6.07, 6.45) is 4.67. The van der Waals surface area contributed by atoms with Crippen molar-refractivity contribution in [2.45, 2.75) is 102 Å². The minimum absolute atomic E-state index is 0.0159. The summed E-state index contributed by atoms with van der Waals surface area (Å²) in [5, 5.41) is 14.6. The summed E-state index contributed by atoms with van der Waals surface area (Å²) >= 11 is 0. The van der Waals surface area contributed by atoms with Gasteiger partial charge >= 0.3 is 6.01 Å². The van der Waals surface area contributed by atoms with Gasteiger partial charge in [0, 0.05) is 49.1 Å². The van der Waals surface area contributed by atoms with Crippen molar-refractivity contribution in [3.05, 3.63) is 53.6 Å². The number of nitrogens with zero attached hydrogens (tertiary/aromatic N) is 5. The van der Waals surface area contributed by atoms with Gasteiger partial charge in [0.05, 0.1) is 23.6 Å². The standard InChI is InChI=1S/C45H56F2N6O3Si/c1-29(2)57(30(3)4,31(5)6)23-15-36-39(46)13-10-32-24-34(56-28-54-7)25-38(40(32)36)35-11-12-37-42(41(35)47)50-44(55-27-45-16-8-20-53(45)21-9-17-45)51-43(37)52-22-19-49-33(26-52)14-18-48/h10-13,24-25,29-31,33,49H,8-9,14,16-17,19-22,26-28H2,1-7H3/t33-/m0/s1. The number of aromatic nitrogens is 2. The molecular weight excluding hydrogens is 739 g/mol. The van der Waals surface area contributed by atoms with Crippen molar-refractivity contribution < 1.29 is 23.0 Å². The summed E-state index contributed by atoms with van der Waals surface area (Å²) in [4.78, 5) is 14.3. The van der Waals surface area contributed by atoms with E-state index >= 15 is 8.78 Å². The van der Waals surface area contributed by atoms with E-state index in [4.69, 9.17) is 24.2 Å². The van der Waals surface area contributed by atoms with Crippen LogP contribution in [0.4, 0.5) is 14.6 Å². The third kappa shape index (κ3) is 7.70. The molecule has 4 aromatic rings. The fourth-order valence-electron chi connectivity index (χ4n) is 10.1. The van der Waals surface area contributed by atoms with Crippen LogP contribution < -0.4 is 19.7 Å². The topological polar surface area (TPSA) is 95.8 Å². The van der Waals surface area contributed by atoms with Crippen molar-refractivity contribution in [1.82, 2.24) is 20.2 Å². The number of rotatable bonds is 12. The molecule has 57 heavy (non-hydrogen) atoms. The molecule has 0 spiro atoms. The number of halogens is 2.